The highest BCUT2D eigenvalue weighted by atomic mass is 16.5. The van der Waals surface area contributed by atoms with Crippen LogP contribution in [0, 0.1) is 0 Å². The van der Waals surface area contributed by atoms with Gasteiger partial charge in [-0.25, -0.2) is 4.79 Å². The summed E-state index contributed by atoms with van der Waals surface area (Å²) >= 11 is 0. The molecular formula is C12H19N3O4. The maximum Gasteiger partial charge on any atom is 0.356 e. The van der Waals surface area contributed by atoms with Crippen LogP contribution in [0.4, 0.5) is 5.82 Å². The molecule has 0 aromatic carbocycles. The Kier molecular flexibility index (Phi) is 6.17. The van der Waals surface area contributed by atoms with E-state index in [0.29, 0.717) is 25.6 Å². The minimum Gasteiger partial charge on any atom is -0.476 e. The third kappa shape index (κ3) is 4.46. The van der Waals surface area contributed by atoms with Gasteiger partial charge in [-0.15, -0.1) is 10.2 Å². The largest absolute Gasteiger partial charge is 0.476 e. The molecule has 1 unspecified atom stereocenters. The Morgan fingerprint density at radius 2 is 2.11 bits per heavy atom. The summed E-state index contributed by atoms with van der Waals surface area (Å²) in [7, 11) is 3.25. The topological polar surface area (TPSA) is 84.8 Å². The number of carboxylic acids is 1. The van der Waals surface area contributed by atoms with E-state index >= 15 is 0 Å². The molecule has 1 rings (SSSR count). The van der Waals surface area contributed by atoms with Gasteiger partial charge in [-0.2, -0.15) is 0 Å². The van der Waals surface area contributed by atoms with E-state index in [2.05, 4.69) is 10.2 Å². The zero-order valence-corrected chi connectivity index (χ0v) is 11.4. The number of anilines is 1. The van der Waals surface area contributed by atoms with Crippen LogP contribution in [0.3, 0.4) is 0 Å². The quantitative estimate of drug-likeness (QED) is 0.742. The molecule has 106 valence electrons. The monoisotopic (exact) mass is 269 g/mol. The summed E-state index contributed by atoms with van der Waals surface area (Å²) in [5, 5.41) is 16.4. The Morgan fingerprint density at radius 1 is 1.37 bits per heavy atom. The summed E-state index contributed by atoms with van der Waals surface area (Å²) in [6, 6.07) is 3.16. The number of methoxy groups -OCH3 is 2. The lowest BCUT2D eigenvalue weighted by Crippen LogP contribution is -2.39. The Morgan fingerprint density at radius 3 is 2.58 bits per heavy atom. The lowest BCUT2D eigenvalue weighted by molar-refractivity contribution is 0.0689. The van der Waals surface area contributed by atoms with Crippen molar-refractivity contribution in [2.45, 2.75) is 13.0 Å². The van der Waals surface area contributed by atoms with E-state index in [9.17, 15) is 4.79 Å². The van der Waals surface area contributed by atoms with Gasteiger partial charge in [0.2, 0.25) is 0 Å². The number of hydrogen-bond donors (Lipinski definition) is 1. The first-order valence-corrected chi connectivity index (χ1v) is 5.91. The van der Waals surface area contributed by atoms with Gasteiger partial charge in [0.25, 0.3) is 0 Å². The molecule has 1 aromatic heterocycles. The van der Waals surface area contributed by atoms with Crippen LogP contribution in [0.5, 0.6) is 0 Å². The summed E-state index contributed by atoms with van der Waals surface area (Å²) in [5.41, 5.74) is -0.0742. The fraction of sp³-hybridized carbons (Fsp3) is 0.583. The number of ether oxygens (including phenoxy) is 2. The Hall–Kier alpha value is -1.73. The molecule has 1 N–H and O–H groups in total. The van der Waals surface area contributed by atoms with Crippen molar-refractivity contribution in [2.75, 3.05) is 38.9 Å². The third-order valence-electron chi connectivity index (χ3n) is 2.64. The number of carbonyl (C=O) groups is 1. The van der Waals surface area contributed by atoms with Gasteiger partial charge in [0.1, 0.15) is 0 Å². The van der Waals surface area contributed by atoms with Crippen molar-refractivity contribution in [1.82, 2.24) is 10.2 Å². The summed E-state index contributed by atoms with van der Waals surface area (Å²) in [6.07, 6.45) is 0. The predicted molar refractivity (Wildman–Crippen MR) is 69.6 cm³/mol. The molecule has 0 aliphatic rings. The number of hydrogen-bond acceptors (Lipinski definition) is 6. The zero-order chi connectivity index (χ0) is 14.3. The van der Waals surface area contributed by atoms with E-state index < -0.39 is 5.97 Å². The Balaban J connectivity index is 2.86. The molecule has 7 heteroatoms. The standard InChI is InChI=1S/C12H19N3O4/c1-9(8-19-3)15(6-7-18-2)11-5-4-10(12(16)17)13-14-11/h4-5,9H,6-8H2,1-3H3,(H,16,17). The van der Waals surface area contributed by atoms with Crippen molar-refractivity contribution in [1.29, 1.82) is 0 Å². The summed E-state index contributed by atoms with van der Waals surface area (Å²) in [6.45, 7) is 3.69. The average Bonchev–Trinajstić information content (AvgIpc) is 2.40. The van der Waals surface area contributed by atoms with Crippen LogP contribution in [-0.2, 0) is 9.47 Å². The van der Waals surface area contributed by atoms with Gasteiger partial charge >= 0.3 is 5.97 Å². The molecule has 0 aliphatic carbocycles. The molecule has 0 aliphatic heterocycles. The fourth-order valence-corrected chi connectivity index (χ4v) is 1.67. The first-order valence-electron chi connectivity index (χ1n) is 5.91. The lowest BCUT2D eigenvalue weighted by atomic mass is 10.3. The molecule has 0 bridgehead atoms. The number of aromatic carboxylic acids is 1. The van der Waals surface area contributed by atoms with E-state index in [1.54, 1.807) is 20.3 Å². The van der Waals surface area contributed by atoms with Crippen molar-refractivity contribution in [3.63, 3.8) is 0 Å². The highest BCUT2D eigenvalue weighted by Gasteiger charge is 2.16. The minimum absolute atomic E-state index is 0.0742. The van der Waals surface area contributed by atoms with Crippen molar-refractivity contribution in [2.24, 2.45) is 0 Å². The van der Waals surface area contributed by atoms with E-state index in [4.69, 9.17) is 14.6 Å². The SMILES string of the molecule is COCCN(c1ccc(C(=O)O)nn1)C(C)COC. The van der Waals surface area contributed by atoms with Gasteiger partial charge in [0.05, 0.1) is 19.3 Å². The number of rotatable bonds is 8. The molecule has 0 saturated carbocycles. The molecule has 1 heterocycles. The second-order valence-corrected chi connectivity index (χ2v) is 4.07. The van der Waals surface area contributed by atoms with E-state index in [0.717, 1.165) is 0 Å². The normalized spacial score (nSPS) is 12.2. The van der Waals surface area contributed by atoms with Crippen LogP contribution < -0.4 is 4.90 Å². The van der Waals surface area contributed by atoms with Crippen LogP contribution in [0.1, 0.15) is 17.4 Å². The van der Waals surface area contributed by atoms with Crippen LogP contribution in [0.15, 0.2) is 12.1 Å². The summed E-state index contributed by atoms with van der Waals surface area (Å²) in [4.78, 5) is 12.7. The molecule has 0 radical (unpaired) electrons. The van der Waals surface area contributed by atoms with E-state index in [-0.39, 0.29) is 11.7 Å². The number of carboxylic acid groups (broad SMARTS) is 1. The Bertz CT molecular complexity index is 396. The molecule has 1 atom stereocenters. The summed E-state index contributed by atoms with van der Waals surface area (Å²) in [5.74, 6) is -0.487. The van der Waals surface area contributed by atoms with Crippen molar-refractivity contribution >= 4 is 11.8 Å². The first kappa shape index (κ1) is 15.3. The van der Waals surface area contributed by atoms with Gasteiger partial charge in [0, 0.05) is 20.8 Å². The molecule has 7 nitrogen and oxygen atoms in total. The molecule has 0 spiro atoms. The van der Waals surface area contributed by atoms with Gasteiger partial charge in [-0.1, -0.05) is 0 Å². The average molecular weight is 269 g/mol. The minimum atomic E-state index is -1.09. The van der Waals surface area contributed by atoms with E-state index in [1.165, 1.54) is 6.07 Å². The summed E-state index contributed by atoms with van der Waals surface area (Å²) < 4.78 is 10.2. The highest BCUT2D eigenvalue weighted by molar-refractivity contribution is 5.85. The third-order valence-corrected chi connectivity index (χ3v) is 2.64. The fourth-order valence-electron chi connectivity index (χ4n) is 1.67. The molecule has 1 aromatic rings. The van der Waals surface area contributed by atoms with Crippen molar-refractivity contribution in [3.05, 3.63) is 17.8 Å². The van der Waals surface area contributed by atoms with Gasteiger partial charge in [-0.3, -0.25) is 0 Å². The number of aromatic nitrogens is 2. The van der Waals surface area contributed by atoms with E-state index in [1.807, 2.05) is 11.8 Å². The van der Waals surface area contributed by atoms with Gasteiger partial charge in [-0.05, 0) is 19.1 Å². The van der Waals surface area contributed by atoms with Crippen LogP contribution >= 0.6 is 0 Å². The molecular weight excluding hydrogens is 250 g/mol. The van der Waals surface area contributed by atoms with Crippen LogP contribution in [-0.4, -0.2) is 61.3 Å². The van der Waals surface area contributed by atoms with Crippen molar-refractivity contribution < 1.29 is 19.4 Å². The highest BCUT2D eigenvalue weighted by Crippen LogP contribution is 2.13. The first-order chi connectivity index (χ1) is 9.10. The maximum absolute atomic E-state index is 10.7. The molecule has 0 saturated heterocycles. The molecule has 0 amide bonds. The predicted octanol–water partition coefficient (Wildman–Crippen LogP) is 0.663. The Labute approximate surface area is 112 Å². The lowest BCUT2D eigenvalue weighted by Gasteiger charge is -2.29. The van der Waals surface area contributed by atoms with Crippen LogP contribution in [0.25, 0.3) is 0 Å². The number of nitrogens with zero attached hydrogens (tertiary/aromatic N) is 3. The second kappa shape index (κ2) is 7.65. The van der Waals surface area contributed by atoms with Crippen molar-refractivity contribution in [3.8, 4) is 0 Å². The van der Waals surface area contributed by atoms with Crippen LogP contribution in [0.2, 0.25) is 0 Å². The smallest absolute Gasteiger partial charge is 0.356 e. The second-order valence-electron chi connectivity index (χ2n) is 4.07. The maximum atomic E-state index is 10.7. The van der Waals surface area contributed by atoms with Gasteiger partial charge < -0.3 is 19.5 Å². The molecule has 19 heavy (non-hydrogen) atoms. The molecule has 0 fully saturated rings. The van der Waals surface area contributed by atoms with Gasteiger partial charge in [0.15, 0.2) is 11.5 Å². The zero-order valence-electron chi connectivity index (χ0n) is 11.4.